The Labute approximate surface area is 112 Å². The number of benzene rings is 1. The number of nitrogens with one attached hydrogen (secondary N) is 1. The average Bonchev–Trinajstić information content (AvgIpc) is 2.83. The maximum atomic E-state index is 12.2. The first kappa shape index (κ1) is 13.6. The number of amides is 1. The van der Waals surface area contributed by atoms with E-state index in [0.717, 1.165) is 16.8 Å². The zero-order valence-electron chi connectivity index (χ0n) is 11.3. The second kappa shape index (κ2) is 5.43. The molecule has 4 nitrogen and oxygen atoms in total. The van der Waals surface area contributed by atoms with E-state index in [1.165, 1.54) is 0 Å². The smallest absolute Gasteiger partial charge is 0.306 e. The molecule has 1 saturated carbocycles. The summed E-state index contributed by atoms with van der Waals surface area (Å²) in [5.74, 6) is -1.39. The quantitative estimate of drug-likeness (QED) is 0.879. The second-order valence-corrected chi connectivity index (χ2v) is 5.30. The number of hydrogen-bond acceptors (Lipinski definition) is 2. The second-order valence-electron chi connectivity index (χ2n) is 5.30. The zero-order valence-corrected chi connectivity index (χ0v) is 11.3. The van der Waals surface area contributed by atoms with E-state index < -0.39 is 5.97 Å². The predicted molar refractivity (Wildman–Crippen MR) is 73.0 cm³/mol. The summed E-state index contributed by atoms with van der Waals surface area (Å²) in [6.07, 6.45) is 1.71. The highest BCUT2D eigenvalue weighted by Gasteiger charge is 2.33. The molecule has 2 N–H and O–H groups in total. The largest absolute Gasteiger partial charge is 0.481 e. The van der Waals surface area contributed by atoms with Crippen LogP contribution in [0, 0.1) is 25.7 Å². The molecule has 0 aromatic heterocycles. The van der Waals surface area contributed by atoms with Crippen LogP contribution in [0.3, 0.4) is 0 Å². The summed E-state index contributed by atoms with van der Waals surface area (Å²) in [5, 5.41) is 11.9. The van der Waals surface area contributed by atoms with Crippen molar-refractivity contribution in [3.8, 4) is 0 Å². The highest BCUT2D eigenvalue weighted by Crippen LogP contribution is 2.32. The predicted octanol–water partition coefficient (Wildman–Crippen LogP) is 2.74. The molecule has 1 aliphatic rings. The van der Waals surface area contributed by atoms with Gasteiger partial charge in [-0.3, -0.25) is 9.59 Å². The number of carbonyl (C=O) groups is 2. The number of para-hydroxylation sites is 1. The monoisotopic (exact) mass is 261 g/mol. The van der Waals surface area contributed by atoms with Crippen molar-refractivity contribution >= 4 is 17.6 Å². The molecule has 0 spiro atoms. The minimum Gasteiger partial charge on any atom is -0.481 e. The van der Waals surface area contributed by atoms with E-state index >= 15 is 0 Å². The summed E-state index contributed by atoms with van der Waals surface area (Å²) in [4.78, 5) is 23.1. The van der Waals surface area contributed by atoms with Gasteiger partial charge in [0.15, 0.2) is 0 Å². The Morgan fingerprint density at radius 1 is 1.16 bits per heavy atom. The number of carboxylic acids is 1. The summed E-state index contributed by atoms with van der Waals surface area (Å²) in [7, 11) is 0. The van der Waals surface area contributed by atoms with Crippen molar-refractivity contribution in [2.75, 3.05) is 5.32 Å². The van der Waals surface area contributed by atoms with Gasteiger partial charge in [0.05, 0.1) is 5.92 Å². The number of rotatable bonds is 3. The third-order valence-electron chi connectivity index (χ3n) is 3.88. The van der Waals surface area contributed by atoms with Gasteiger partial charge in [-0.25, -0.2) is 0 Å². The lowest BCUT2D eigenvalue weighted by molar-refractivity contribution is -0.141. The Morgan fingerprint density at radius 2 is 1.74 bits per heavy atom. The number of carboxylic acid groups (broad SMARTS) is 1. The van der Waals surface area contributed by atoms with Gasteiger partial charge in [-0.1, -0.05) is 18.2 Å². The lowest BCUT2D eigenvalue weighted by Gasteiger charge is -2.14. The average molecular weight is 261 g/mol. The van der Waals surface area contributed by atoms with Crippen LogP contribution < -0.4 is 5.32 Å². The minimum atomic E-state index is -0.789. The van der Waals surface area contributed by atoms with Crippen LogP contribution in [0.15, 0.2) is 18.2 Å². The molecule has 4 heteroatoms. The number of aliphatic carboxylic acids is 1. The van der Waals surface area contributed by atoms with Gasteiger partial charge in [0, 0.05) is 11.6 Å². The molecule has 102 valence electrons. The summed E-state index contributed by atoms with van der Waals surface area (Å²) in [6, 6.07) is 5.87. The lowest BCUT2D eigenvalue weighted by atomic mass is 10.0. The van der Waals surface area contributed by atoms with Crippen LogP contribution >= 0.6 is 0 Å². The highest BCUT2D eigenvalue weighted by molar-refractivity contribution is 5.94. The molecule has 0 unspecified atom stereocenters. The van der Waals surface area contributed by atoms with Crippen molar-refractivity contribution in [1.29, 1.82) is 0 Å². The Balaban J connectivity index is 2.04. The summed E-state index contributed by atoms with van der Waals surface area (Å²) in [6.45, 7) is 3.91. The van der Waals surface area contributed by atoms with Crippen molar-refractivity contribution in [1.82, 2.24) is 0 Å². The fourth-order valence-corrected chi connectivity index (χ4v) is 2.68. The molecule has 1 aromatic carbocycles. The molecular weight excluding hydrogens is 242 g/mol. The molecule has 0 bridgehead atoms. The van der Waals surface area contributed by atoms with Crippen LogP contribution in [-0.2, 0) is 9.59 Å². The number of hydrogen-bond donors (Lipinski definition) is 2. The fraction of sp³-hybridized carbons (Fsp3) is 0.467. The van der Waals surface area contributed by atoms with Gasteiger partial charge in [0.2, 0.25) is 5.91 Å². The number of anilines is 1. The van der Waals surface area contributed by atoms with E-state index in [-0.39, 0.29) is 17.7 Å². The first-order chi connectivity index (χ1) is 8.99. The Kier molecular flexibility index (Phi) is 3.88. The van der Waals surface area contributed by atoms with E-state index in [4.69, 9.17) is 5.11 Å². The molecule has 2 rings (SSSR count). The van der Waals surface area contributed by atoms with E-state index in [2.05, 4.69) is 5.32 Å². The maximum absolute atomic E-state index is 12.2. The maximum Gasteiger partial charge on any atom is 0.306 e. The van der Waals surface area contributed by atoms with Crippen molar-refractivity contribution < 1.29 is 14.7 Å². The van der Waals surface area contributed by atoms with Crippen molar-refractivity contribution in [3.05, 3.63) is 29.3 Å². The van der Waals surface area contributed by atoms with Gasteiger partial charge >= 0.3 is 5.97 Å². The lowest BCUT2D eigenvalue weighted by Crippen LogP contribution is -2.22. The van der Waals surface area contributed by atoms with Crippen LogP contribution in [0.25, 0.3) is 0 Å². The molecule has 2 atom stereocenters. The number of carbonyl (C=O) groups excluding carboxylic acids is 1. The normalized spacial score (nSPS) is 22.2. The van der Waals surface area contributed by atoms with E-state index in [1.54, 1.807) is 0 Å². The summed E-state index contributed by atoms with van der Waals surface area (Å²) < 4.78 is 0. The van der Waals surface area contributed by atoms with Gasteiger partial charge in [0.1, 0.15) is 0 Å². The molecule has 0 aliphatic heterocycles. The molecule has 1 amide bonds. The van der Waals surface area contributed by atoms with Gasteiger partial charge < -0.3 is 10.4 Å². The third kappa shape index (κ3) is 2.95. The minimum absolute atomic E-state index is 0.0545. The topological polar surface area (TPSA) is 66.4 Å². The SMILES string of the molecule is Cc1cccc(C)c1NC(=O)[C@@H]1CC[C@H](C(=O)O)C1. The highest BCUT2D eigenvalue weighted by atomic mass is 16.4. The van der Waals surface area contributed by atoms with Gasteiger partial charge in [-0.15, -0.1) is 0 Å². The molecule has 0 saturated heterocycles. The third-order valence-corrected chi connectivity index (χ3v) is 3.88. The van der Waals surface area contributed by atoms with Crippen LogP contribution in [0.2, 0.25) is 0 Å². The van der Waals surface area contributed by atoms with E-state index in [9.17, 15) is 9.59 Å². The first-order valence-electron chi connectivity index (χ1n) is 6.59. The van der Waals surface area contributed by atoms with E-state index in [0.29, 0.717) is 19.3 Å². The molecule has 0 heterocycles. The van der Waals surface area contributed by atoms with Crippen molar-refractivity contribution in [2.24, 2.45) is 11.8 Å². The Bertz CT molecular complexity index is 490. The standard InChI is InChI=1S/C15H19NO3/c1-9-4-3-5-10(2)13(9)16-14(17)11-6-7-12(8-11)15(18)19/h3-5,11-12H,6-8H2,1-2H3,(H,16,17)(H,18,19)/t11-,12+/m1/s1. The molecule has 0 radical (unpaired) electrons. The Hall–Kier alpha value is -1.84. The van der Waals surface area contributed by atoms with Crippen LogP contribution in [0.5, 0.6) is 0 Å². The molecular formula is C15H19NO3. The van der Waals surface area contributed by atoms with Gasteiger partial charge in [0.25, 0.3) is 0 Å². The fourth-order valence-electron chi connectivity index (χ4n) is 2.68. The van der Waals surface area contributed by atoms with Crippen LogP contribution in [0.1, 0.15) is 30.4 Å². The molecule has 1 aromatic rings. The van der Waals surface area contributed by atoms with E-state index in [1.807, 2.05) is 32.0 Å². The van der Waals surface area contributed by atoms with Gasteiger partial charge in [-0.05, 0) is 44.2 Å². The zero-order chi connectivity index (χ0) is 14.0. The van der Waals surface area contributed by atoms with Crippen molar-refractivity contribution in [3.63, 3.8) is 0 Å². The number of aryl methyl sites for hydroxylation is 2. The molecule has 1 fully saturated rings. The summed E-state index contributed by atoms with van der Waals surface area (Å²) in [5.41, 5.74) is 2.91. The summed E-state index contributed by atoms with van der Waals surface area (Å²) >= 11 is 0. The van der Waals surface area contributed by atoms with Crippen LogP contribution in [-0.4, -0.2) is 17.0 Å². The van der Waals surface area contributed by atoms with Crippen molar-refractivity contribution in [2.45, 2.75) is 33.1 Å². The van der Waals surface area contributed by atoms with Gasteiger partial charge in [-0.2, -0.15) is 0 Å². The molecule has 1 aliphatic carbocycles. The first-order valence-corrected chi connectivity index (χ1v) is 6.59. The van der Waals surface area contributed by atoms with Crippen LogP contribution in [0.4, 0.5) is 5.69 Å². The Morgan fingerprint density at radius 3 is 2.26 bits per heavy atom. The molecule has 19 heavy (non-hydrogen) atoms.